The molecule has 10 heteroatoms. The van der Waals surface area contributed by atoms with Crippen molar-refractivity contribution in [3.63, 3.8) is 0 Å². The Kier molecular flexibility index (Phi) is 5.46. The first kappa shape index (κ1) is 21.0. The van der Waals surface area contributed by atoms with Crippen LogP contribution in [0.2, 0.25) is 0 Å². The van der Waals surface area contributed by atoms with Gasteiger partial charge in [0.2, 0.25) is 5.91 Å². The zero-order valence-corrected chi connectivity index (χ0v) is 17.0. The van der Waals surface area contributed by atoms with Crippen molar-refractivity contribution in [1.29, 1.82) is 0 Å². The number of thioether (sulfide) groups is 1. The molecule has 0 aliphatic carbocycles. The Morgan fingerprint density at radius 2 is 1.90 bits per heavy atom. The summed E-state index contributed by atoms with van der Waals surface area (Å²) in [5, 5.41) is 2.84. The summed E-state index contributed by atoms with van der Waals surface area (Å²) >= 11 is 1.75. The number of hydrogen-bond acceptors (Lipinski definition) is 4. The molecule has 4 rings (SSSR count). The van der Waals surface area contributed by atoms with E-state index < -0.39 is 23.3 Å². The molecule has 0 aromatic heterocycles. The highest BCUT2D eigenvalue weighted by atomic mass is 32.2. The summed E-state index contributed by atoms with van der Waals surface area (Å²) in [6, 6.07) is 4.50. The van der Waals surface area contributed by atoms with Gasteiger partial charge < -0.3 is 10.2 Å². The summed E-state index contributed by atoms with van der Waals surface area (Å²) < 4.78 is 38.7. The molecule has 1 spiro atoms. The van der Waals surface area contributed by atoms with Crippen LogP contribution >= 0.6 is 11.8 Å². The molecule has 0 saturated carbocycles. The minimum Gasteiger partial charge on any atom is -0.338 e. The predicted octanol–water partition coefficient (Wildman–Crippen LogP) is 2.87. The number of nitrogens with one attached hydrogen (secondary N) is 1. The van der Waals surface area contributed by atoms with Crippen LogP contribution in [0.15, 0.2) is 24.3 Å². The van der Waals surface area contributed by atoms with Gasteiger partial charge in [-0.1, -0.05) is 12.1 Å². The van der Waals surface area contributed by atoms with Gasteiger partial charge in [-0.05, 0) is 42.0 Å². The highest BCUT2D eigenvalue weighted by Crippen LogP contribution is 2.34. The quantitative estimate of drug-likeness (QED) is 0.730. The minimum atomic E-state index is -4.44. The molecule has 1 unspecified atom stereocenters. The third kappa shape index (κ3) is 4.01. The fraction of sp³-hybridized carbons (Fsp3) is 0.550. The second-order valence-electron chi connectivity index (χ2n) is 8.08. The van der Waals surface area contributed by atoms with Crippen molar-refractivity contribution >= 4 is 29.6 Å². The zero-order chi connectivity index (χ0) is 21.5. The van der Waals surface area contributed by atoms with Gasteiger partial charge in [0.25, 0.3) is 5.91 Å². The maximum atomic E-state index is 12.9. The lowest BCUT2D eigenvalue weighted by Crippen LogP contribution is -2.49. The molecule has 30 heavy (non-hydrogen) atoms. The van der Waals surface area contributed by atoms with Crippen LogP contribution in [0.1, 0.15) is 30.4 Å². The molecule has 3 aliphatic heterocycles. The summed E-state index contributed by atoms with van der Waals surface area (Å²) in [6.07, 6.45) is -3.07. The molecular formula is C20H22F3N3O3S. The predicted molar refractivity (Wildman–Crippen MR) is 105 cm³/mol. The minimum absolute atomic E-state index is 0.0700. The van der Waals surface area contributed by atoms with Crippen molar-refractivity contribution in [1.82, 2.24) is 15.1 Å². The van der Waals surface area contributed by atoms with E-state index in [-0.39, 0.29) is 37.2 Å². The maximum absolute atomic E-state index is 12.9. The van der Waals surface area contributed by atoms with E-state index in [1.165, 1.54) is 15.9 Å². The number of hydrogen-bond donors (Lipinski definition) is 1. The Balaban J connectivity index is 1.40. The largest absolute Gasteiger partial charge is 0.416 e. The number of alkyl halides is 3. The summed E-state index contributed by atoms with van der Waals surface area (Å²) in [5.41, 5.74) is -1.17. The molecule has 3 fully saturated rings. The van der Waals surface area contributed by atoms with Crippen LogP contribution in [0.25, 0.3) is 0 Å². The van der Waals surface area contributed by atoms with E-state index in [4.69, 9.17) is 0 Å². The molecule has 4 amide bonds. The number of benzene rings is 1. The SMILES string of the molecule is O=C1CC(CN2C(=O)NC3(CCSCC3)C2=O)CN1Cc1cccc(C(F)(F)F)c1. The molecule has 1 aromatic rings. The van der Waals surface area contributed by atoms with E-state index in [0.717, 1.165) is 23.6 Å². The smallest absolute Gasteiger partial charge is 0.338 e. The number of amides is 4. The Labute approximate surface area is 176 Å². The number of nitrogens with zero attached hydrogens (tertiary/aromatic N) is 2. The topological polar surface area (TPSA) is 69.7 Å². The van der Waals surface area contributed by atoms with E-state index in [2.05, 4.69) is 5.32 Å². The van der Waals surface area contributed by atoms with Crippen molar-refractivity contribution in [3.8, 4) is 0 Å². The van der Waals surface area contributed by atoms with Gasteiger partial charge in [-0.2, -0.15) is 24.9 Å². The highest BCUT2D eigenvalue weighted by molar-refractivity contribution is 7.99. The normalized spacial score (nSPS) is 24.1. The van der Waals surface area contributed by atoms with Crippen LogP contribution < -0.4 is 5.32 Å². The van der Waals surface area contributed by atoms with Crippen LogP contribution in [0.4, 0.5) is 18.0 Å². The number of imide groups is 1. The molecule has 1 atom stereocenters. The lowest BCUT2D eigenvalue weighted by Gasteiger charge is -2.30. The molecule has 3 aliphatic rings. The number of carbonyl (C=O) groups is 3. The van der Waals surface area contributed by atoms with Crippen molar-refractivity contribution in [2.45, 2.75) is 37.5 Å². The molecule has 0 radical (unpaired) electrons. The summed E-state index contributed by atoms with van der Waals surface area (Å²) in [5.74, 6) is 0.981. The number of likely N-dealkylation sites (tertiary alicyclic amines) is 1. The standard InChI is InChI=1S/C20H22F3N3O3S/c21-20(22,23)15-3-1-2-13(8-15)10-25-11-14(9-16(25)27)12-26-17(28)19(24-18(26)29)4-6-30-7-5-19/h1-3,8,14H,4-7,9-12H2,(H,24,29). The monoisotopic (exact) mass is 441 g/mol. The van der Waals surface area contributed by atoms with Crippen LogP contribution in [0, 0.1) is 5.92 Å². The van der Waals surface area contributed by atoms with Gasteiger partial charge in [-0.25, -0.2) is 4.79 Å². The Morgan fingerprint density at radius 1 is 1.17 bits per heavy atom. The molecule has 1 aromatic carbocycles. The van der Waals surface area contributed by atoms with Crippen molar-refractivity contribution in [2.24, 2.45) is 5.92 Å². The second-order valence-corrected chi connectivity index (χ2v) is 9.31. The molecule has 162 valence electrons. The Bertz CT molecular complexity index is 870. The van der Waals surface area contributed by atoms with E-state index in [0.29, 0.717) is 24.9 Å². The van der Waals surface area contributed by atoms with Gasteiger partial charge in [-0.15, -0.1) is 0 Å². The average Bonchev–Trinajstić information content (AvgIpc) is 3.14. The fourth-order valence-electron chi connectivity index (χ4n) is 4.35. The lowest BCUT2D eigenvalue weighted by molar-refractivity contribution is -0.137. The lowest BCUT2D eigenvalue weighted by atomic mass is 9.92. The third-order valence-corrected chi connectivity index (χ3v) is 6.94. The fourth-order valence-corrected chi connectivity index (χ4v) is 5.54. The molecule has 3 saturated heterocycles. The summed E-state index contributed by atoms with van der Waals surface area (Å²) in [4.78, 5) is 40.4. The van der Waals surface area contributed by atoms with Gasteiger partial charge in [0, 0.05) is 32.0 Å². The maximum Gasteiger partial charge on any atom is 0.416 e. The van der Waals surface area contributed by atoms with Gasteiger partial charge in [0.15, 0.2) is 0 Å². The van der Waals surface area contributed by atoms with Gasteiger partial charge in [0.1, 0.15) is 5.54 Å². The number of carbonyl (C=O) groups excluding carboxylic acids is 3. The molecule has 1 N–H and O–H groups in total. The highest BCUT2D eigenvalue weighted by Gasteiger charge is 2.52. The molecule has 0 bridgehead atoms. The Morgan fingerprint density at radius 3 is 2.60 bits per heavy atom. The first-order valence-electron chi connectivity index (χ1n) is 9.84. The molecular weight excluding hydrogens is 419 g/mol. The average molecular weight is 441 g/mol. The van der Waals surface area contributed by atoms with Gasteiger partial charge >= 0.3 is 12.2 Å². The third-order valence-electron chi connectivity index (χ3n) is 5.96. The van der Waals surface area contributed by atoms with Crippen LogP contribution in [-0.2, 0) is 22.3 Å². The van der Waals surface area contributed by atoms with Crippen LogP contribution in [0.3, 0.4) is 0 Å². The van der Waals surface area contributed by atoms with Crippen LogP contribution in [0.5, 0.6) is 0 Å². The first-order valence-corrected chi connectivity index (χ1v) is 11.0. The van der Waals surface area contributed by atoms with Crippen LogP contribution in [-0.4, -0.2) is 57.8 Å². The number of rotatable bonds is 4. The van der Waals surface area contributed by atoms with E-state index >= 15 is 0 Å². The number of urea groups is 1. The van der Waals surface area contributed by atoms with Gasteiger partial charge in [-0.3, -0.25) is 14.5 Å². The zero-order valence-electron chi connectivity index (χ0n) is 16.2. The Hall–Kier alpha value is -2.23. The second kappa shape index (κ2) is 7.79. The van der Waals surface area contributed by atoms with Gasteiger partial charge in [0.05, 0.1) is 5.56 Å². The summed E-state index contributed by atoms with van der Waals surface area (Å²) in [6.45, 7) is 0.514. The van der Waals surface area contributed by atoms with Crippen molar-refractivity contribution < 1.29 is 27.6 Å². The first-order chi connectivity index (χ1) is 14.2. The van der Waals surface area contributed by atoms with Crippen molar-refractivity contribution in [3.05, 3.63) is 35.4 Å². The molecule has 6 nitrogen and oxygen atoms in total. The van der Waals surface area contributed by atoms with E-state index in [1.807, 2.05) is 0 Å². The summed E-state index contributed by atoms with van der Waals surface area (Å²) in [7, 11) is 0. The number of halogens is 3. The molecule has 3 heterocycles. The van der Waals surface area contributed by atoms with E-state index in [9.17, 15) is 27.6 Å². The van der Waals surface area contributed by atoms with Crippen molar-refractivity contribution in [2.75, 3.05) is 24.6 Å². The van der Waals surface area contributed by atoms with E-state index in [1.54, 1.807) is 17.8 Å².